The standard InChI is InChI=1S/C23H34N8O2/c1-13-6-8-15(26-22(32)33-23(2,3)4)12-31(13)19-11-17(27-21(25-5)28-19)14-7-9-16-18(10-14)29-30-20(16)24/h7,9-11,13,15,22,26,32H,6,8,12H2,1-5H3,(H3,24,29,30)(H,25,27,28). The number of piperidine rings is 1. The van der Waals surface area contributed by atoms with E-state index in [9.17, 15) is 5.11 Å². The Kier molecular flexibility index (Phi) is 6.42. The molecule has 0 spiro atoms. The summed E-state index contributed by atoms with van der Waals surface area (Å²) in [6.07, 6.45) is 0.887. The third-order valence-corrected chi connectivity index (χ3v) is 5.84. The molecule has 178 valence electrons. The molecule has 10 heteroatoms. The third-order valence-electron chi connectivity index (χ3n) is 5.84. The molecule has 0 radical (unpaired) electrons. The van der Waals surface area contributed by atoms with E-state index in [-0.39, 0.29) is 6.04 Å². The lowest BCUT2D eigenvalue weighted by atomic mass is 9.99. The smallest absolute Gasteiger partial charge is 0.224 e. The molecule has 1 aliphatic heterocycles. The molecular weight excluding hydrogens is 420 g/mol. The number of hydrogen-bond acceptors (Lipinski definition) is 9. The van der Waals surface area contributed by atoms with E-state index < -0.39 is 12.0 Å². The summed E-state index contributed by atoms with van der Waals surface area (Å²) in [5.41, 5.74) is 8.09. The van der Waals surface area contributed by atoms with Crippen molar-refractivity contribution in [2.24, 2.45) is 0 Å². The number of fused-ring (bicyclic) bond motifs is 1. The fourth-order valence-corrected chi connectivity index (χ4v) is 4.17. The minimum atomic E-state index is -1.02. The van der Waals surface area contributed by atoms with Crippen molar-refractivity contribution in [3.63, 3.8) is 0 Å². The van der Waals surface area contributed by atoms with Gasteiger partial charge in [-0.2, -0.15) is 10.1 Å². The van der Waals surface area contributed by atoms with E-state index in [1.807, 2.05) is 52.1 Å². The molecular formula is C23H34N8O2. The molecule has 1 aliphatic rings. The van der Waals surface area contributed by atoms with E-state index in [1.54, 1.807) is 0 Å². The second-order valence-electron chi connectivity index (χ2n) is 9.58. The zero-order valence-electron chi connectivity index (χ0n) is 19.9. The van der Waals surface area contributed by atoms with Gasteiger partial charge in [-0.3, -0.25) is 10.4 Å². The van der Waals surface area contributed by atoms with Crippen LogP contribution in [-0.2, 0) is 4.74 Å². The summed E-state index contributed by atoms with van der Waals surface area (Å²) < 4.78 is 5.63. The van der Waals surface area contributed by atoms with Crippen LogP contribution in [0.4, 0.5) is 17.6 Å². The number of aliphatic hydroxyl groups excluding tert-OH is 1. The topological polar surface area (TPSA) is 137 Å². The number of aromatic nitrogens is 4. The SMILES string of the molecule is CNc1nc(-c2ccc3c(N)n[nH]c3c2)cc(N2CC(NC(O)OC(C)(C)C)CCC2C)n1. The van der Waals surface area contributed by atoms with E-state index in [0.717, 1.165) is 40.8 Å². The molecule has 3 unspecified atom stereocenters. The van der Waals surface area contributed by atoms with Crippen molar-refractivity contribution >= 4 is 28.5 Å². The van der Waals surface area contributed by atoms with Gasteiger partial charge in [-0.25, -0.2) is 4.98 Å². The van der Waals surface area contributed by atoms with Crippen LogP contribution in [-0.4, -0.2) is 63.0 Å². The monoisotopic (exact) mass is 454 g/mol. The molecule has 6 N–H and O–H groups in total. The first-order chi connectivity index (χ1) is 15.6. The molecule has 1 saturated heterocycles. The van der Waals surface area contributed by atoms with Crippen LogP contribution in [0.5, 0.6) is 0 Å². The first kappa shape index (κ1) is 23.2. The number of ether oxygens (including phenoxy) is 1. The summed E-state index contributed by atoms with van der Waals surface area (Å²) in [6, 6.07) is 8.30. The Labute approximate surface area is 193 Å². The second-order valence-corrected chi connectivity index (χ2v) is 9.58. The predicted octanol–water partition coefficient (Wildman–Crippen LogP) is 2.68. The lowest BCUT2D eigenvalue weighted by Gasteiger charge is -2.40. The van der Waals surface area contributed by atoms with Gasteiger partial charge in [-0.15, -0.1) is 0 Å². The minimum absolute atomic E-state index is 0.0688. The summed E-state index contributed by atoms with van der Waals surface area (Å²) in [5, 5.41) is 24.5. The summed E-state index contributed by atoms with van der Waals surface area (Å²) in [5.74, 6) is 1.86. The molecule has 0 aliphatic carbocycles. The first-order valence-corrected chi connectivity index (χ1v) is 11.3. The molecule has 0 saturated carbocycles. The third kappa shape index (κ3) is 5.35. The van der Waals surface area contributed by atoms with Crippen molar-refractivity contribution in [3.8, 4) is 11.3 Å². The Bertz CT molecular complexity index is 1110. The average Bonchev–Trinajstić information content (AvgIpc) is 3.13. The Balaban J connectivity index is 1.60. The van der Waals surface area contributed by atoms with Gasteiger partial charge >= 0.3 is 0 Å². The number of benzene rings is 1. The Morgan fingerprint density at radius 3 is 2.76 bits per heavy atom. The van der Waals surface area contributed by atoms with Crippen LogP contribution in [0.3, 0.4) is 0 Å². The molecule has 33 heavy (non-hydrogen) atoms. The van der Waals surface area contributed by atoms with E-state index in [2.05, 4.69) is 37.6 Å². The highest BCUT2D eigenvalue weighted by molar-refractivity contribution is 5.91. The highest BCUT2D eigenvalue weighted by Gasteiger charge is 2.29. The Hall–Kier alpha value is -2.95. The van der Waals surface area contributed by atoms with Gasteiger partial charge in [-0.05, 0) is 52.7 Å². The van der Waals surface area contributed by atoms with Crippen LogP contribution in [0.25, 0.3) is 22.2 Å². The van der Waals surface area contributed by atoms with Crippen LogP contribution in [0, 0.1) is 0 Å². The number of aliphatic hydroxyl groups is 1. The molecule has 0 amide bonds. The lowest BCUT2D eigenvalue weighted by molar-refractivity contribution is -0.185. The molecule has 3 heterocycles. The predicted molar refractivity (Wildman–Crippen MR) is 131 cm³/mol. The summed E-state index contributed by atoms with van der Waals surface area (Å²) in [6.45, 7) is 8.65. The van der Waals surface area contributed by atoms with Crippen LogP contribution < -0.4 is 21.3 Å². The minimum Gasteiger partial charge on any atom is -0.382 e. The van der Waals surface area contributed by atoms with Gasteiger partial charge in [0.1, 0.15) is 5.82 Å². The van der Waals surface area contributed by atoms with Gasteiger partial charge in [0.05, 0.1) is 16.8 Å². The van der Waals surface area contributed by atoms with Crippen molar-refractivity contribution in [1.29, 1.82) is 0 Å². The summed E-state index contributed by atoms with van der Waals surface area (Å²) in [7, 11) is 1.81. The van der Waals surface area contributed by atoms with Gasteiger partial charge in [0, 0.05) is 42.7 Å². The van der Waals surface area contributed by atoms with Crippen molar-refractivity contribution in [2.75, 3.05) is 29.5 Å². The quantitative estimate of drug-likeness (QED) is 0.356. The molecule has 10 nitrogen and oxygen atoms in total. The lowest BCUT2D eigenvalue weighted by Crippen LogP contribution is -2.53. The van der Waals surface area contributed by atoms with Crippen LogP contribution in [0.15, 0.2) is 24.3 Å². The Morgan fingerprint density at radius 2 is 2.03 bits per heavy atom. The number of rotatable bonds is 6. The normalized spacial score (nSPS) is 20.2. The van der Waals surface area contributed by atoms with Crippen LogP contribution >= 0.6 is 0 Å². The molecule has 2 aromatic heterocycles. The Morgan fingerprint density at radius 1 is 1.24 bits per heavy atom. The maximum absolute atomic E-state index is 10.3. The van der Waals surface area contributed by atoms with Gasteiger partial charge in [0.25, 0.3) is 0 Å². The van der Waals surface area contributed by atoms with Crippen LogP contribution in [0.2, 0.25) is 0 Å². The fraction of sp³-hybridized carbons (Fsp3) is 0.522. The molecule has 0 bridgehead atoms. The van der Waals surface area contributed by atoms with Crippen molar-refractivity contribution in [3.05, 3.63) is 24.3 Å². The number of nitrogens with one attached hydrogen (secondary N) is 3. The van der Waals surface area contributed by atoms with Gasteiger partial charge < -0.3 is 25.8 Å². The number of anilines is 3. The highest BCUT2D eigenvalue weighted by Crippen LogP contribution is 2.30. The second kappa shape index (κ2) is 9.12. The maximum Gasteiger partial charge on any atom is 0.224 e. The van der Waals surface area contributed by atoms with Gasteiger partial charge in [0.15, 0.2) is 5.82 Å². The van der Waals surface area contributed by atoms with Gasteiger partial charge in [-0.1, -0.05) is 6.07 Å². The molecule has 1 aromatic carbocycles. The van der Waals surface area contributed by atoms with E-state index >= 15 is 0 Å². The largest absolute Gasteiger partial charge is 0.382 e. The van der Waals surface area contributed by atoms with Crippen LogP contribution in [0.1, 0.15) is 40.5 Å². The average molecular weight is 455 g/mol. The fourth-order valence-electron chi connectivity index (χ4n) is 4.17. The first-order valence-electron chi connectivity index (χ1n) is 11.3. The molecule has 3 atom stereocenters. The molecule has 4 rings (SSSR count). The number of hydrogen-bond donors (Lipinski definition) is 5. The van der Waals surface area contributed by atoms with E-state index in [1.165, 1.54) is 0 Å². The summed E-state index contributed by atoms with van der Waals surface area (Å²) >= 11 is 0. The highest BCUT2D eigenvalue weighted by atomic mass is 16.6. The maximum atomic E-state index is 10.3. The molecule has 1 fully saturated rings. The van der Waals surface area contributed by atoms with Crippen molar-refractivity contribution in [1.82, 2.24) is 25.5 Å². The number of nitrogens with zero attached hydrogens (tertiary/aromatic N) is 4. The number of nitrogen functional groups attached to an aromatic ring is 1. The zero-order valence-corrected chi connectivity index (χ0v) is 19.9. The zero-order chi connectivity index (χ0) is 23.8. The molecule has 3 aromatic rings. The van der Waals surface area contributed by atoms with Gasteiger partial charge in [0.2, 0.25) is 12.4 Å². The number of H-pyrrole nitrogens is 1. The van der Waals surface area contributed by atoms with E-state index in [4.69, 9.17) is 15.5 Å². The van der Waals surface area contributed by atoms with Crippen molar-refractivity contribution in [2.45, 2.75) is 64.6 Å². The number of aromatic amines is 1. The van der Waals surface area contributed by atoms with Crippen molar-refractivity contribution < 1.29 is 9.84 Å². The summed E-state index contributed by atoms with van der Waals surface area (Å²) in [4.78, 5) is 11.7. The number of nitrogens with two attached hydrogens (primary N) is 1. The van der Waals surface area contributed by atoms with E-state index in [0.29, 0.717) is 24.4 Å².